The number of benzene rings is 3. The number of hydrogen-bond donors (Lipinski definition) is 10. The van der Waals surface area contributed by atoms with Crippen molar-refractivity contribution in [1.29, 1.82) is 0 Å². The summed E-state index contributed by atoms with van der Waals surface area (Å²) in [6.07, 6.45) is -7.08. The smallest absolute Gasteiger partial charge is 0.339 e. The summed E-state index contributed by atoms with van der Waals surface area (Å²) in [7, 11) is 0. The predicted octanol–water partition coefficient (Wildman–Crippen LogP) is 0.240. The van der Waals surface area contributed by atoms with E-state index < -0.39 is 117 Å². The molecule has 0 aliphatic carbocycles. The second kappa shape index (κ2) is 12.8. The minimum atomic E-state index is -2.35. The first-order valence-electron chi connectivity index (χ1n) is 12.8. The first kappa shape index (κ1) is 32.7. The van der Waals surface area contributed by atoms with Gasteiger partial charge < -0.3 is 65.3 Å². The van der Waals surface area contributed by atoms with Crippen LogP contribution >= 0.6 is 0 Å². The molecule has 0 amide bonds. The van der Waals surface area contributed by atoms with E-state index in [4.69, 9.17) is 14.2 Å². The maximum Gasteiger partial charge on any atom is 0.339 e. The second-order valence-electron chi connectivity index (χ2n) is 9.68. The van der Waals surface area contributed by atoms with Crippen molar-refractivity contribution in [1.82, 2.24) is 0 Å². The molecule has 0 unspecified atom stereocenters. The SMILES string of the molecule is O=C[C@@H]1OC(=O)c2cc(O)c(O)c(O)c2-c2c(cc(O)c(O)c2O)C(=O)O[C@H]1[C@H](O)[C@H](O)COC(=O)/C=C/c1ccc(O)c(O)c1. The number of aliphatic hydroxyl groups excluding tert-OH is 2. The van der Waals surface area contributed by atoms with Gasteiger partial charge in [-0.15, -0.1) is 0 Å². The van der Waals surface area contributed by atoms with Crippen LogP contribution in [0.15, 0.2) is 36.4 Å². The molecule has 4 rings (SSSR count). The Labute approximate surface area is 256 Å². The molecular formula is C29H24O17. The Morgan fingerprint density at radius 3 is 1.83 bits per heavy atom. The molecule has 0 bridgehead atoms. The second-order valence-corrected chi connectivity index (χ2v) is 9.68. The molecule has 10 N–H and O–H groups in total. The van der Waals surface area contributed by atoms with E-state index in [0.717, 1.165) is 18.2 Å². The van der Waals surface area contributed by atoms with Crippen molar-refractivity contribution in [2.75, 3.05) is 6.61 Å². The molecule has 242 valence electrons. The zero-order valence-electron chi connectivity index (χ0n) is 23.0. The summed E-state index contributed by atoms with van der Waals surface area (Å²) in [6.45, 7) is -0.991. The third kappa shape index (κ3) is 6.21. The number of esters is 3. The number of aldehydes is 1. The fraction of sp³-hybridized carbons (Fsp3) is 0.172. The summed E-state index contributed by atoms with van der Waals surface area (Å²) >= 11 is 0. The number of phenolic OH excluding ortho intramolecular Hbond substituents is 8. The van der Waals surface area contributed by atoms with Gasteiger partial charge in [0.25, 0.3) is 0 Å². The molecule has 3 aromatic rings. The number of aromatic hydroxyl groups is 8. The zero-order valence-corrected chi connectivity index (χ0v) is 23.0. The molecule has 4 atom stereocenters. The van der Waals surface area contributed by atoms with Crippen molar-refractivity contribution < 1.29 is 84.5 Å². The number of ether oxygens (including phenoxy) is 3. The zero-order chi connectivity index (χ0) is 34.0. The summed E-state index contributed by atoms with van der Waals surface area (Å²) in [5.41, 5.74) is -3.39. The van der Waals surface area contributed by atoms with E-state index in [-0.39, 0.29) is 11.8 Å². The van der Waals surface area contributed by atoms with Gasteiger partial charge in [-0.2, -0.15) is 0 Å². The fourth-order valence-electron chi connectivity index (χ4n) is 4.34. The average Bonchev–Trinajstić information content (AvgIpc) is 3.02. The molecule has 0 aromatic heterocycles. The highest BCUT2D eigenvalue weighted by atomic mass is 16.6. The number of cyclic esters (lactones) is 2. The van der Waals surface area contributed by atoms with Gasteiger partial charge in [-0.25, -0.2) is 14.4 Å². The summed E-state index contributed by atoms with van der Waals surface area (Å²) in [5, 5.41) is 102. The molecule has 0 saturated carbocycles. The maximum atomic E-state index is 13.3. The highest BCUT2D eigenvalue weighted by Gasteiger charge is 2.42. The van der Waals surface area contributed by atoms with Crippen LogP contribution in [0.3, 0.4) is 0 Å². The van der Waals surface area contributed by atoms with Crippen molar-refractivity contribution >= 4 is 30.3 Å². The van der Waals surface area contributed by atoms with E-state index in [2.05, 4.69) is 0 Å². The van der Waals surface area contributed by atoms with Crippen LogP contribution in [0.4, 0.5) is 0 Å². The molecule has 3 aromatic carbocycles. The minimum absolute atomic E-state index is 0.123. The number of hydrogen-bond acceptors (Lipinski definition) is 17. The summed E-state index contributed by atoms with van der Waals surface area (Å²) in [5.74, 6) is -12.5. The van der Waals surface area contributed by atoms with Gasteiger partial charge in [0, 0.05) is 17.2 Å². The normalized spacial score (nSPS) is 17.6. The van der Waals surface area contributed by atoms with Gasteiger partial charge in [0.1, 0.15) is 18.8 Å². The number of aliphatic hydroxyl groups is 2. The quantitative estimate of drug-likeness (QED) is 0.0541. The van der Waals surface area contributed by atoms with Crippen LogP contribution < -0.4 is 0 Å². The molecule has 0 saturated heterocycles. The van der Waals surface area contributed by atoms with E-state index >= 15 is 0 Å². The number of carbonyl (C=O) groups excluding carboxylic acids is 4. The number of rotatable bonds is 7. The average molecular weight is 644 g/mol. The first-order valence-corrected chi connectivity index (χ1v) is 12.8. The first-order chi connectivity index (χ1) is 21.7. The number of carbonyl (C=O) groups is 4. The lowest BCUT2D eigenvalue weighted by molar-refractivity contribution is -0.153. The van der Waals surface area contributed by atoms with E-state index in [1.165, 1.54) is 12.1 Å². The van der Waals surface area contributed by atoms with Crippen LogP contribution in [0.5, 0.6) is 46.0 Å². The molecule has 46 heavy (non-hydrogen) atoms. The van der Waals surface area contributed by atoms with Crippen molar-refractivity contribution in [2.24, 2.45) is 0 Å². The molecule has 1 aliphatic rings. The van der Waals surface area contributed by atoms with Gasteiger partial charge in [-0.05, 0) is 35.9 Å². The Morgan fingerprint density at radius 1 is 0.761 bits per heavy atom. The monoisotopic (exact) mass is 644 g/mol. The predicted molar refractivity (Wildman–Crippen MR) is 148 cm³/mol. The van der Waals surface area contributed by atoms with Crippen LogP contribution in [0.2, 0.25) is 0 Å². The van der Waals surface area contributed by atoms with Gasteiger partial charge in [0.05, 0.1) is 11.1 Å². The van der Waals surface area contributed by atoms with Gasteiger partial charge in [0.2, 0.25) is 11.5 Å². The minimum Gasteiger partial charge on any atom is -0.504 e. The Balaban J connectivity index is 1.68. The molecule has 1 aliphatic heterocycles. The van der Waals surface area contributed by atoms with Crippen molar-refractivity contribution in [3.05, 3.63) is 53.1 Å². The lowest BCUT2D eigenvalue weighted by Gasteiger charge is -2.31. The van der Waals surface area contributed by atoms with Gasteiger partial charge >= 0.3 is 17.9 Å². The molecule has 17 nitrogen and oxygen atoms in total. The number of fused-ring (bicyclic) bond motifs is 3. The third-order valence-electron chi connectivity index (χ3n) is 6.68. The lowest BCUT2D eigenvalue weighted by Crippen LogP contribution is -2.51. The van der Waals surface area contributed by atoms with Crippen LogP contribution in [-0.4, -0.2) is 106 Å². The van der Waals surface area contributed by atoms with Gasteiger partial charge in [0.15, 0.2) is 53.0 Å². The molecule has 0 radical (unpaired) electrons. The lowest BCUT2D eigenvalue weighted by atomic mass is 9.91. The third-order valence-corrected chi connectivity index (χ3v) is 6.68. The van der Waals surface area contributed by atoms with E-state index in [1.54, 1.807) is 0 Å². The summed E-state index contributed by atoms with van der Waals surface area (Å²) in [4.78, 5) is 50.6. The summed E-state index contributed by atoms with van der Waals surface area (Å²) in [6, 6.07) is 4.63. The fourth-order valence-corrected chi connectivity index (χ4v) is 4.34. The number of phenols is 8. The van der Waals surface area contributed by atoms with Crippen LogP contribution in [0.25, 0.3) is 17.2 Å². The maximum absolute atomic E-state index is 13.3. The molecule has 0 spiro atoms. The topological polar surface area (TPSA) is 298 Å². The highest BCUT2D eigenvalue weighted by Crippen LogP contribution is 2.53. The molecule has 17 heteroatoms. The highest BCUT2D eigenvalue weighted by molar-refractivity contribution is 6.08. The van der Waals surface area contributed by atoms with E-state index in [1.807, 2.05) is 0 Å². The van der Waals surface area contributed by atoms with Crippen LogP contribution in [0, 0.1) is 0 Å². The van der Waals surface area contributed by atoms with Crippen molar-refractivity contribution in [2.45, 2.75) is 24.4 Å². The van der Waals surface area contributed by atoms with E-state index in [0.29, 0.717) is 12.1 Å². The standard InChI is InChI=1S/C29H24O17/c30-8-18-27(24(39)17(35)9-44-19(36)4-2-10-1-3-13(31)14(32)5-10)46-29(43)12-7-16(34)23(38)26(41)21(12)20-11(28(42)45-18)6-15(33)22(37)25(20)40/h1-8,17-18,24,27,31-35,37-41H,9H2/b4-2+/t17-,18+,24-,27-/m1/s1. The van der Waals surface area contributed by atoms with Crippen molar-refractivity contribution in [3.8, 4) is 57.1 Å². The Bertz CT molecular complexity index is 1760. The Morgan fingerprint density at radius 2 is 1.30 bits per heavy atom. The molecule has 0 fully saturated rings. The largest absolute Gasteiger partial charge is 0.504 e. The molecule has 1 heterocycles. The van der Waals surface area contributed by atoms with Gasteiger partial charge in [-0.3, -0.25) is 4.79 Å². The molecular weight excluding hydrogens is 620 g/mol. The Kier molecular flexibility index (Phi) is 9.10. The van der Waals surface area contributed by atoms with Crippen LogP contribution in [-0.2, 0) is 23.8 Å². The van der Waals surface area contributed by atoms with E-state index in [9.17, 15) is 70.2 Å². The summed E-state index contributed by atoms with van der Waals surface area (Å²) < 4.78 is 15.0. The Hall–Kier alpha value is -6.20. The van der Waals surface area contributed by atoms with Gasteiger partial charge in [-0.1, -0.05) is 6.07 Å². The van der Waals surface area contributed by atoms with Crippen molar-refractivity contribution in [3.63, 3.8) is 0 Å². The van der Waals surface area contributed by atoms with Crippen LogP contribution in [0.1, 0.15) is 26.3 Å².